The van der Waals surface area contributed by atoms with Crippen LogP contribution < -0.4 is 10.2 Å². The molecule has 0 saturated heterocycles. The fourth-order valence-corrected chi connectivity index (χ4v) is 1.57. The van der Waals surface area contributed by atoms with E-state index < -0.39 is 7.12 Å². The Morgan fingerprint density at radius 1 is 1.26 bits per heavy atom. The summed E-state index contributed by atoms with van der Waals surface area (Å²) in [5.41, 5.74) is 1.57. The Balaban J connectivity index is 2.11. The number of rotatable bonds is 4. The third-order valence-corrected chi connectivity index (χ3v) is 2.56. The Morgan fingerprint density at radius 3 is 2.79 bits per heavy atom. The van der Waals surface area contributed by atoms with Gasteiger partial charge in [0.2, 0.25) is 0 Å². The molecule has 1 heterocycles. The van der Waals surface area contributed by atoms with Crippen LogP contribution in [-0.4, -0.2) is 22.2 Å². The first-order chi connectivity index (χ1) is 9.20. The molecule has 2 N–H and O–H groups in total. The quantitative estimate of drug-likeness (QED) is 0.762. The van der Waals surface area contributed by atoms with Crippen molar-refractivity contribution in [3.05, 3.63) is 53.9 Å². The Bertz CT molecular complexity index is 611. The summed E-state index contributed by atoms with van der Waals surface area (Å²) in [6.07, 6.45) is 2.82. The standard InChI is InChI=1S/C13H11BN2O3/c15-6-10-3-1-2-4-11(10)9-19-13-5-12(14(17)18)7-16-8-13/h1-5,7-8,17-18H,9H2. The largest absolute Gasteiger partial charge is 0.490 e. The zero-order chi connectivity index (χ0) is 13.7. The Kier molecular flexibility index (Phi) is 4.13. The molecule has 0 amide bonds. The molecule has 94 valence electrons. The van der Waals surface area contributed by atoms with Crippen molar-refractivity contribution >= 4 is 12.6 Å². The van der Waals surface area contributed by atoms with Crippen LogP contribution in [-0.2, 0) is 6.61 Å². The van der Waals surface area contributed by atoms with Gasteiger partial charge in [-0.15, -0.1) is 0 Å². The van der Waals surface area contributed by atoms with Gasteiger partial charge in [0.1, 0.15) is 12.4 Å². The van der Waals surface area contributed by atoms with Gasteiger partial charge in [0, 0.05) is 17.2 Å². The maximum absolute atomic E-state index is 9.03. The highest BCUT2D eigenvalue weighted by Gasteiger charge is 2.12. The smallest absolute Gasteiger partial charge is 0.487 e. The molecule has 0 fully saturated rings. The van der Waals surface area contributed by atoms with Gasteiger partial charge in [-0.2, -0.15) is 5.26 Å². The van der Waals surface area contributed by atoms with Crippen molar-refractivity contribution in [1.82, 2.24) is 4.98 Å². The summed E-state index contributed by atoms with van der Waals surface area (Å²) in [6, 6.07) is 10.7. The molecular weight excluding hydrogens is 243 g/mol. The number of nitrogens with zero attached hydrogens (tertiary/aromatic N) is 2. The van der Waals surface area contributed by atoms with Crippen LogP contribution in [0.3, 0.4) is 0 Å². The number of hydrogen-bond donors (Lipinski definition) is 2. The van der Waals surface area contributed by atoms with Crippen molar-refractivity contribution in [3.8, 4) is 11.8 Å². The number of benzene rings is 1. The minimum absolute atomic E-state index is 0.219. The number of hydrogen-bond acceptors (Lipinski definition) is 5. The minimum atomic E-state index is -1.58. The Labute approximate surface area is 110 Å². The monoisotopic (exact) mass is 254 g/mol. The zero-order valence-electron chi connectivity index (χ0n) is 10.0. The van der Waals surface area contributed by atoms with Gasteiger partial charge in [-0.05, 0) is 12.1 Å². The number of nitriles is 1. The van der Waals surface area contributed by atoms with Gasteiger partial charge < -0.3 is 14.8 Å². The second-order valence-corrected chi connectivity index (χ2v) is 3.89. The van der Waals surface area contributed by atoms with Crippen molar-refractivity contribution in [2.45, 2.75) is 6.61 Å². The number of pyridine rings is 1. The summed E-state index contributed by atoms with van der Waals surface area (Å²) in [4.78, 5) is 3.85. The lowest BCUT2D eigenvalue weighted by Gasteiger charge is -2.08. The van der Waals surface area contributed by atoms with E-state index in [-0.39, 0.29) is 12.1 Å². The molecule has 0 saturated carbocycles. The van der Waals surface area contributed by atoms with Gasteiger partial charge in [-0.3, -0.25) is 4.98 Å². The highest BCUT2D eigenvalue weighted by molar-refractivity contribution is 6.58. The lowest BCUT2D eigenvalue weighted by molar-refractivity contribution is 0.304. The Morgan fingerprint density at radius 2 is 2.05 bits per heavy atom. The Hall–Kier alpha value is -2.36. The average Bonchev–Trinajstić information content (AvgIpc) is 2.45. The third-order valence-electron chi connectivity index (χ3n) is 2.56. The highest BCUT2D eigenvalue weighted by Crippen LogP contribution is 2.12. The lowest BCUT2D eigenvalue weighted by Crippen LogP contribution is -2.30. The van der Waals surface area contributed by atoms with E-state index >= 15 is 0 Å². The van der Waals surface area contributed by atoms with E-state index in [1.807, 2.05) is 6.07 Å². The van der Waals surface area contributed by atoms with Gasteiger partial charge in [-0.25, -0.2) is 0 Å². The summed E-state index contributed by atoms with van der Waals surface area (Å²) < 4.78 is 5.49. The first-order valence-corrected chi connectivity index (χ1v) is 5.62. The van der Waals surface area contributed by atoms with Crippen LogP contribution in [0.4, 0.5) is 0 Å². The molecule has 0 bridgehead atoms. The molecule has 2 aromatic rings. The van der Waals surface area contributed by atoms with E-state index in [2.05, 4.69) is 11.1 Å². The van der Waals surface area contributed by atoms with Crippen LogP contribution >= 0.6 is 0 Å². The van der Waals surface area contributed by atoms with Crippen molar-refractivity contribution < 1.29 is 14.8 Å². The predicted octanol–water partition coefficient (Wildman–Crippen LogP) is 0.212. The van der Waals surface area contributed by atoms with E-state index in [1.54, 1.807) is 18.2 Å². The topological polar surface area (TPSA) is 86.4 Å². The van der Waals surface area contributed by atoms with Crippen LogP contribution in [0, 0.1) is 11.3 Å². The van der Waals surface area contributed by atoms with Gasteiger partial charge in [0.05, 0.1) is 17.8 Å². The molecule has 19 heavy (non-hydrogen) atoms. The maximum atomic E-state index is 9.03. The lowest BCUT2D eigenvalue weighted by atomic mass is 9.82. The predicted molar refractivity (Wildman–Crippen MR) is 69.6 cm³/mol. The van der Waals surface area contributed by atoms with Crippen LogP contribution in [0.5, 0.6) is 5.75 Å². The average molecular weight is 254 g/mol. The van der Waals surface area contributed by atoms with E-state index in [1.165, 1.54) is 18.5 Å². The highest BCUT2D eigenvalue weighted by atomic mass is 16.5. The molecule has 0 spiro atoms. The summed E-state index contributed by atoms with van der Waals surface area (Å²) in [7, 11) is -1.58. The zero-order valence-corrected chi connectivity index (χ0v) is 10.0. The van der Waals surface area contributed by atoms with Crippen molar-refractivity contribution in [3.63, 3.8) is 0 Å². The summed E-state index contributed by atoms with van der Waals surface area (Å²) >= 11 is 0. The molecule has 0 unspecified atom stereocenters. The molecular formula is C13H11BN2O3. The van der Waals surface area contributed by atoms with Crippen molar-refractivity contribution in [1.29, 1.82) is 5.26 Å². The molecule has 2 rings (SSSR count). The summed E-state index contributed by atoms with van der Waals surface area (Å²) in [5, 5.41) is 27.0. The molecule has 6 heteroatoms. The first kappa shape index (κ1) is 13.1. The summed E-state index contributed by atoms with van der Waals surface area (Å²) in [5.74, 6) is 0.415. The first-order valence-electron chi connectivity index (χ1n) is 5.62. The second kappa shape index (κ2) is 6.00. The maximum Gasteiger partial charge on any atom is 0.490 e. The fourth-order valence-electron chi connectivity index (χ4n) is 1.57. The molecule has 0 radical (unpaired) electrons. The van der Waals surface area contributed by atoms with Crippen molar-refractivity contribution in [2.24, 2.45) is 0 Å². The van der Waals surface area contributed by atoms with Crippen LogP contribution in [0.2, 0.25) is 0 Å². The molecule has 5 nitrogen and oxygen atoms in total. The van der Waals surface area contributed by atoms with Crippen LogP contribution in [0.1, 0.15) is 11.1 Å². The van der Waals surface area contributed by atoms with Gasteiger partial charge in [0.15, 0.2) is 0 Å². The normalized spacial score (nSPS) is 9.74. The molecule has 1 aromatic carbocycles. The summed E-state index contributed by atoms with van der Waals surface area (Å²) in [6.45, 7) is 0.219. The van der Waals surface area contributed by atoms with Crippen LogP contribution in [0.15, 0.2) is 42.7 Å². The molecule has 0 aliphatic heterocycles. The van der Waals surface area contributed by atoms with Gasteiger partial charge >= 0.3 is 7.12 Å². The molecule has 0 aliphatic carbocycles. The number of aromatic nitrogens is 1. The second-order valence-electron chi connectivity index (χ2n) is 3.89. The van der Waals surface area contributed by atoms with Crippen LogP contribution in [0.25, 0.3) is 0 Å². The van der Waals surface area contributed by atoms with E-state index in [0.717, 1.165) is 5.56 Å². The fraction of sp³-hybridized carbons (Fsp3) is 0.0769. The number of ether oxygens (including phenoxy) is 1. The molecule has 1 aromatic heterocycles. The van der Waals surface area contributed by atoms with Gasteiger partial charge in [0.25, 0.3) is 0 Å². The van der Waals surface area contributed by atoms with E-state index in [0.29, 0.717) is 11.3 Å². The SMILES string of the molecule is N#Cc1ccccc1COc1cncc(B(O)O)c1. The molecule has 0 aliphatic rings. The minimum Gasteiger partial charge on any atom is -0.487 e. The van der Waals surface area contributed by atoms with E-state index in [4.69, 9.17) is 20.0 Å². The van der Waals surface area contributed by atoms with Gasteiger partial charge in [-0.1, -0.05) is 18.2 Å². The van der Waals surface area contributed by atoms with E-state index in [9.17, 15) is 0 Å². The third kappa shape index (κ3) is 3.31. The molecule has 0 atom stereocenters. The van der Waals surface area contributed by atoms with Crippen molar-refractivity contribution in [2.75, 3.05) is 0 Å².